The van der Waals surface area contributed by atoms with Gasteiger partial charge in [-0.15, -0.1) is 0 Å². The maximum atomic E-state index is 14.2. The van der Waals surface area contributed by atoms with Crippen LogP contribution >= 0.6 is 23.2 Å². The lowest BCUT2D eigenvalue weighted by atomic mass is 9.80. The van der Waals surface area contributed by atoms with Gasteiger partial charge in [0.25, 0.3) is 5.91 Å². The number of carbonyl (C=O) groups excluding carboxylic acids is 3. The van der Waals surface area contributed by atoms with Crippen molar-refractivity contribution in [3.05, 3.63) is 99.8 Å². The summed E-state index contributed by atoms with van der Waals surface area (Å²) in [6.07, 6.45) is 6.36. The van der Waals surface area contributed by atoms with E-state index in [4.69, 9.17) is 23.2 Å². The summed E-state index contributed by atoms with van der Waals surface area (Å²) < 4.78 is 0. The molecular formula is C28H21Cl2N5O3. The monoisotopic (exact) mass is 545 g/mol. The number of likely N-dealkylation sites (tertiary alicyclic amines) is 1. The largest absolute Gasteiger partial charge is 0.336 e. The molecule has 5 rings (SSSR count). The maximum absolute atomic E-state index is 14.2. The van der Waals surface area contributed by atoms with Gasteiger partial charge in [-0.05, 0) is 53.6 Å². The van der Waals surface area contributed by atoms with Gasteiger partial charge in [0.05, 0.1) is 23.9 Å². The first-order chi connectivity index (χ1) is 18.2. The predicted octanol–water partition coefficient (Wildman–Crippen LogP) is 4.74. The van der Waals surface area contributed by atoms with Gasteiger partial charge in [-0.25, -0.2) is 9.69 Å². The van der Waals surface area contributed by atoms with Gasteiger partial charge in [0.1, 0.15) is 5.54 Å². The van der Waals surface area contributed by atoms with Crippen molar-refractivity contribution >= 4 is 52.8 Å². The number of benzene rings is 2. The maximum Gasteiger partial charge on any atom is 0.332 e. The molecule has 0 N–H and O–H groups in total. The molecule has 0 bridgehead atoms. The van der Waals surface area contributed by atoms with Gasteiger partial charge in [0.15, 0.2) is 0 Å². The van der Waals surface area contributed by atoms with Crippen LogP contribution in [0.2, 0.25) is 10.0 Å². The highest BCUT2D eigenvalue weighted by atomic mass is 35.5. The molecule has 0 aliphatic carbocycles. The molecule has 2 unspecified atom stereocenters. The lowest BCUT2D eigenvalue weighted by Crippen LogP contribution is -2.53. The quantitative estimate of drug-likeness (QED) is 0.348. The third kappa shape index (κ3) is 4.30. The second-order valence-electron chi connectivity index (χ2n) is 9.16. The molecule has 10 heteroatoms. The van der Waals surface area contributed by atoms with Crippen LogP contribution in [0, 0.1) is 11.3 Å². The molecule has 3 aromatic rings. The summed E-state index contributed by atoms with van der Waals surface area (Å²) in [7, 11) is 1.56. The van der Waals surface area contributed by atoms with E-state index in [2.05, 4.69) is 11.1 Å². The standard InChI is InChI=1S/C28H21Cl2N5O3/c1-33-27(38)35(23-12-21(29)11-22(30)13-23)26(37)28(33)17-34(25(36)9-6-19-3-2-10-32-15-19)16-24(28)20-7-4-18(14-31)5-8-20/h2-13,15,24H,16-17H2,1H3/b9-6+. The lowest BCUT2D eigenvalue weighted by molar-refractivity contribution is -0.127. The van der Waals surface area contributed by atoms with E-state index >= 15 is 0 Å². The molecule has 8 nitrogen and oxygen atoms in total. The van der Waals surface area contributed by atoms with Crippen molar-refractivity contribution in [2.45, 2.75) is 11.5 Å². The number of anilines is 1. The fraction of sp³-hybridized carbons (Fsp3) is 0.179. The number of imide groups is 1. The number of hydrogen-bond acceptors (Lipinski definition) is 5. The van der Waals surface area contributed by atoms with Gasteiger partial charge in [-0.1, -0.05) is 41.4 Å². The molecule has 1 aromatic heterocycles. The first-order valence-electron chi connectivity index (χ1n) is 11.7. The number of nitrogens with zero attached hydrogens (tertiary/aromatic N) is 5. The Morgan fingerprint density at radius 3 is 2.47 bits per heavy atom. The van der Waals surface area contributed by atoms with E-state index in [-0.39, 0.29) is 34.7 Å². The van der Waals surface area contributed by atoms with Crippen molar-refractivity contribution in [3.63, 3.8) is 0 Å². The van der Waals surface area contributed by atoms with Crippen molar-refractivity contribution in [2.75, 3.05) is 25.0 Å². The number of urea groups is 1. The van der Waals surface area contributed by atoms with Crippen LogP contribution in [-0.4, -0.2) is 58.3 Å². The van der Waals surface area contributed by atoms with E-state index in [9.17, 15) is 19.6 Å². The van der Waals surface area contributed by atoms with Crippen molar-refractivity contribution in [1.82, 2.24) is 14.8 Å². The van der Waals surface area contributed by atoms with Crippen LogP contribution < -0.4 is 4.90 Å². The Morgan fingerprint density at radius 2 is 1.84 bits per heavy atom. The number of hydrogen-bond donors (Lipinski definition) is 0. The third-order valence-electron chi connectivity index (χ3n) is 7.02. The summed E-state index contributed by atoms with van der Waals surface area (Å²) in [6, 6.07) is 16.5. The van der Waals surface area contributed by atoms with Gasteiger partial charge in [0, 0.05) is 48.0 Å². The van der Waals surface area contributed by atoms with Gasteiger partial charge in [-0.2, -0.15) is 5.26 Å². The van der Waals surface area contributed by atoms with E-state index in [1.807, 2.05) is 6.07 Å². The highest BCUT2D eigenvalue weighted by Gasteiger charge is 2.64. The van der Waals surface area contributed by atoms with Gasteiger partial charge >= 0.3 is 6.03 Å². The minimum absolute atomic E-state index is 0.0141. The number of rotatable bonds is 4. The zero-order chi connectivity index (χ0) is 27.0. The van der Waals surface area contributed by atoms with Crippen molar-refractivity contribution < 1.29 is 14.4 Å². The van der Waals surface area contributed by atoms with Crippen molar-refractivity contribution in [3.8, 4) is 6.07 Å². The predicted molar refractivity (Wildman–Crippen MR) is 144 cm³/mol. The number of likely N-dealkylation sites (N-methyl/N-ethyl adjacent to an activating group) is 1. The molecule has 0 saturated carbocycles. The molecule has 2 fully saturated rings. The van der Waals surface area contributed by atoms with Crippen LogP contribution in [0.4, 0.5) is 10.5 Å². The molecule has 2 saturated heterocycles. The fourth-order valence-electron chi connectivity index (χ4n) is 5.12. The Morgan fingerprint density at radius 1 is 1.13 bits per heavy atom. The summed E-state index contributed by atoms with van der Waals surface area (Å²) in [5.74, 6) is -1.33. The van der Waals surface area contributed by atoms with Crippen molar-refractivity contribution in [1.29, 1.82) is 5.26 Å². The lowest BCUT2D eigenvalue weighted by Gasteiger charge is -2.33. The first-order valence-corrected chi connectivity index (χ1v) is 12.5. The highest BCUT2D eigenvalue weighted by Crippen LogP contribution is 2.46. The molecule has 2 aliphatic rings. The Kier molecular flexibility index (Phi) is 6.66. The second kappa shape index (κ2) is 9.93. The summed E-state index contributed by atoms with van der Waals surface area (Å²) in [4.78, 5) is 49.1. The van der Waals surface area contributed by atoms with Crippen molar-refractivity contribution in [2.24, 2.45) is 0 Å². The van der Waals surface area contributed by atoms with Gasteiger partial charge in [0.2, 0.25) is 5.91 Å². The van der Waals surface area contributed by atoms with Crippen LogP contribution in [0.5, 0.6) is 0 Å². The average molecular weight is 546 g/mol. The van der Waals surface area contributed by atoms with E-state index in [0.29, 0.717) is 5.56 Å². The van der Waals surface area contributed by atoms with E-state index < -0.39 is 23.4 Å². The zero-order valence-electron chi connectivity index (χ0n) is 20.2. The topological polar surface area (TPSA) is 97.6 Å². The van der Waals surface area contributed by atoms with Crippen LogP contribution in [0.1, 0.15) is 22.6 Å². The van der Waals surface area contributed by atoms with Gasteiger partial charge < -0.3 is 9.80 Å². The molecule has 38 heavy (non-hydrogen) atoms. The molecule has 2 aliphatic heterocycles. The Bertz CT molecular complexity index is 1480. The normalized spacial score (nSPS) is 21.1. The Hall–Kier alpha value is -4.19. The third-order valence-corrected chi connectivity index (χ3v) is 7.46. The van der Waals surface area contributed by atoms with Crippen LogP contribution in [-0.2, 0) is 9.59 Å². The summed E-state index contributed by atoms with van der Waals surface area (Å²) in [6.45, 7) is 0.176. The minimum Gasteiger partial charge on any atom is -0.336 e. The summed E-state index contributed by atoms with van der Waals surface area (Å²) in [5.41, 5.74) is 0.824. The molecule has 2 aromatic carbocycles. The molecular weight excluding hydrogens is 525 g/mol. The molecule has 1 spiro atoms. The minimum atomic E-state index is -1.38. The second-order valence-corrected chi connectivity index (χ2v) is 10.0. The summed E-state index contributed by atoms with van der Waals surface area (Å²) >= 11 is 12.4. The number of halogens is 2. The number of pyridine rings is 1. The molecule has 0 radical (unpaired) electrons. The van der Waals surface area contributed by atoms with Crippen LogP contribution in [0.15, 0.2) is 73.1 Å². The van der Waals surface area contributed by atoms with Gasteiger partial charge in [-0.3, -0.25) is 14.6 Å². The molecule has 3 heterocycles. The number of carbonyl (C=O) groups is 3. The van der Waals surface area contributed by atoms with E-state index in [0.717, 1.165) is 16.0 Å². The van der Waals surface area contributed by atoms with E-state index in [1.165, 1.54) is 29.2 Å². The average Bonchev–Trinajstić information content (AvgIpc) is 3.40. The molecule has 190 valence electrons. The first kappa shape index (κ1) is 25.5. The number of nitriles is 1. The van der Waals surface area contributed by atoms with E-state index in [1.54, 1.807) is 60.7 Å². The zero-order valence-corrected chi connectivity index (χ0v) is 21.7. The SMILES string of the molecule is CN1C(=O)N(c2cc(Cl)cc(Cl)c2)C(=O)C12CN(C(=O)/C=C/c1cccnc1)CC2c1ccc(C#N)cc1. The molecule has 2 atom stereocenters. The smallest absolute Gasteiger partial charge is 0.332 e. The Balaban J connectivity index is 1.56. The van der Waals surface area contributed by atoms with Crippen LogP contribution in [0.25, 0.3) is 6.08 Å². The summed E-state index contributed by atoms with van der Waals surface area (Å²) in [5, 5.41) is 9.80. The fourth-order valence-corrected chi connectivity index (χ4v) is 5.64. The number of amides is 4. The van der Waals surface area contributed by atoms with Crippen LogP contribution in [0.3, 0.4) is 0 Å². The number of aromatic nitrogens is 1. The molecule has 4 amide bonds. The Labute approximate surface area is 229 Å². The highest BCUT2D eigenvalue weighted by molar-refractivity contribution is 6.36.